The molecule has 1 fully saturated rings. The molecule has 0 radical (unpaired) electrons. The molecule has 0 aromatic carbocycles. The van der Waals surface area contributed by atoms with Crippen molar-refractivity contribution in [3.05, 3.63) is 0 Å². The first kappa shape index (κ1) is 13.5. The molecule has 1 aliphatic carbocycles. The van der Waals surface area contributed by atoms with E-state index in [2.05, 4.69) is 12.2 Å². The molecule has 16 heavy (non-hydrogen) atoms. The molecule has 1 rings (SSSR count). The summed E-state index contributed by atoms with van der Waals surface area (Å²) in [5.74, 6) is 1.01. The fourth-order valence-corrected chi connectivity index (χ4v) is 2.56. The molecule has 94 valence electrons. The molecule has 1 amide bonds. The lowest BCUT2D eigenvalue weighted by Gasteiger charge is -2.23. The van der Waals surface area contributed by atoms with Crippen molar-refractivity contribution in [2.45, 2.75) is 52.5 Å². The Hall–Kier alpha value is -0.570. The van der Waals surface area contributed by atoms with Crippen LogP contribution >= 0.6 is 0 Å². The van der Waals surface area contributed by atoms with E-state index in [-0.39, 0.29) is 5.91 Å². The van der Waals surface area contributed by atoms with Gasteiger partial charge in [-0.25, -0.2) is 0 Å². The molecule has 0 aromatic heterocycles. The number of nitrogens with zero attached hydrogens (tertiary/aromatic N) is 1. The van der Waals surface area contributed by atoms with E-state index in [0.29, 0.717) is 12.6 Å². The largest absolute Gasteiger partial charge is 0.342 e. The zero-order valence-corrected chi connectivity index (χ0v) is 11.0. The fourth-order valence-electron chi connectivity index (χ4n) is 2.56. The number of carbonyl (C=O) groups is 1. The predicted molar refractivity (Wildman–Crippen MR) is 67.4 cm³/mol. The van der Waals surface area contributed by atoms with Gasteiger partial charge >= 0.3 is 0 Å². The van der Waals surface area contributed by atoms with Crippen LogP contribution in [0.4, 0.5) is 0 Å². The van der Waals surface area contributed by atoms with Gasteiger partial charge in [0.1, 0.15) is 0 Å². The molecule has 0 aromatic rings. The third-order valence-electron chi connectivity index (χ3n) is 3.80. The van der Waals surface area contributed by atoms with E-state index in [4.69, 9.17) is 0 Å². The lowest BCUT2D eigenvalue weighted by molar-refractivity contribution is -0.130. The minimum atomic E-state index is 0.231. The highest BCUT2D eigenvalue weighted by Crippen LogP contribution is 2.27. The summed E-state index contributed by atoms with van der Waals surface area (Å²) in [4.78, 5) is 13.7. The van der Waals surface area contributed by atoms with Crippen molar-refractivity contribution in [1.82, 2.24) is 10.2 Å². The molecule has 0 bridgehead atoms. The average molecular weight is 226 g/mol. The number of rotatable bonds is 6. The molecule has 1 saturated carbocycles. The zero-order chi connectivity index (χ0) is 12.0. The van der Waals surface area contributed by atoms with E-state index in [1.165, 1.54) is 25.7 Å². The lowest BCUT2D eigenvalue weighted by Crippen LogP contribution is -2.42. The summed E-state index contributed by atoms with van der Waals surface area (Å²) in [6.07, 6.45) is 5.38. The molecule has 1 atom stereocenters. The number of hydrogen-bond acceptors (Lipinski definition) is 2. The molecule has 0 heterocycles. The molecule has 3 heteroatoms. The molecular formula is C13H26N2O. The zero-order valence-electron chi connectivity index (χ0n) is 11.0. The Bertz CT molecular complexity index is 208. The standard InChI is InChI=1S/C13H26N2O/c1-4-15(5-2)13(16)10-14-11(3)12-8-6-7-9-12/h11-12,14H,4-10H2,1-3H3/t11-/m1/s1. The van der Waals surface area contributed by atoms with Crippen LogP contribution < -0.4 is 5.32 Å². The van der Waals surface area contributed by atoms with Crippen LogP contribution in [0.2, 0.25) is 0 Å². The van der Waals surface area contributed by atoms with E-state index in [1.54, 1.807) is 0 Å². The Morgan fingerprint density at radius 1 is 1.31 bits per heavy atom. The molecule has 3 nitrogen and oxygen atoms in total. The van der Waals surface area contributed by atoms with Crippen molar-refractivity contribution in [2.24, 2.45) is 5.92 Å². The topological polar surface area (TPSA) is 32.3 Å². The molecule has 0 unspecified atom stereocenters. The van der Waals surface area contributed by atoms with Crippen molar-refractivity contribution in [3.8, 4) is 0 Å². The Balaban J connectivity index is 2.24. The van der Waals surface area contributed by atoms with Crippen molar-refractivity contribution in [3.63, 3.8) is 0 Å². The molecule has 0 saturated heterocycles. The lowest BCUT2D eigenvalue weighted by atomic mass is 10.00. The van der Waals surface area contributed by atoms with Crippen LogP contribution in [0, 0.1) is 5.92 Å². The number of amides is 1. The second kappa shape index (κ2) is 6.89. The maximum Gasteiger partial charge on any atom is 0.236 e. The monoisotopic (exact) mass is 226 g/mol. The van der Waals surface area contributed by atoms with Crippen LogP contribution in [0.25, 0.3) is 0 Å². The normalized spacial score (nSPS) is 18.7. The van der Waals surface area contributed by atoms with E-state index in [0.717, 1.165) is 19.0 Å². The maximum atomic E-state index is 11.8. The Labute approximate surface area is 99.6 Å². The second-order valence-electron chi connectivity index (χ2n) is 4.78. The second-order valence-corrected chi connectivity index (χ2v) is 4.78. The minimum Gasteiger partial charge on any atom is -0.342 e. The van der Waals surface area contributed by atoms with Crippen molar-refractivity contribution >= 4 is 5.91 Å². The predicted octanol–water partition coefficient (Wildman–Crippen LogP) is 2.02. The molecule has 1 N–H and O–H groups in total. The first-order valence-corrected chi connectivity index (χ1v) is 6.70. The van der Waals surface area contributed by atoms with Gasteiger partial charge in [-0.3, -0.25) is 4.79 Å². The van der Waals surface area contributed by atoms with Gasteiger partial charge < -0.3 is 10.2 Å². The van der Waals surface area contributed by atoms with Crippen LogP contribution in [0.3, 0.4) is 0 Å². The highest BCUT2D eigenvalue weighted by molar-refractivity contribution is 5.78. The van der Waals surface area contributed by atoms with Crippen molar-refractivity contribution < 1.29 is 4.79 Å². The fraction of sp³-hybridized carbons (Fsp3) is 0.923. The van der Waals surface area contributed by atoms with Gasteiger partial charge in [-0.15, -0.1) is 0 Å². The van der Waals surface area contributed by atoms with E-state index < -0.39 is 0 Å². The smallest absolute Gasteiger partial charge is 0.236 e. The number of likely N-dealkylation sites (N-methyl/N-ethyl adjacent to an activating group) is 1. The molecule has 0 spiro atoms. The van der Waals surface area contributed by atoms with Crippen molar-refractivity contribution in [2.75, 3.05) is 19.6 Å². The quantitative estimate of drug-likeness (QED) is 0.751. The van der Waals surface area contributed by atoms with Crippen LogP contribution in [0.5, 0.6) is 0 Å². The van der Waals surface area contributed by atoms with Crippen molar-refractivity contribution in [1.29, 1.82) is 0 Å². The van der Waals surface area contributed by atoms with Gasteiger partial charge in [-0.05, 0) is 39.5 Å². The van der Waals surface area contributed by atoms with Crippen LogP contribution in [-0.4, -0.2) is 36.5 Å². The van der Waals surface area contributed by atoms with Gasteiger partial charge in [0.2, 0.25) is 5.91 Å². The minimum absolute atomic E-state index is 0.231. The van der Waals surface area contributed by atoms with E-state index in [9.17, 15) is 4.79 Å². The van der Waals surface area contributed by atoms with Crippen LogP contribution in [0.15, 0.2) is 0 Å². The summed E-state index contributed by atoms with van der Waals surface area (Å²) in [5.41, 5.74) is 0. The molecule has 0 aliphatic heterocycles. The summed E-state index contributed by atoms with van der Waals surface area (Å²) < 4.78 is 0. The Kier molecular flexibility index (Phi) is 5.81. The summed E-state index contributed by atoms with van der Waals surface area (Å²) >= 11 is 0. The molecular weight excluding hydrogens is 200 g/mol. The average Bonchev–Trinajstić information content (AvgIpc) is 2.81. The highest BCUT2D eigenvalue weighted by Gasteiger charge is 2.22. The summed E-state index contributed by atoms with van der Waals surface area (Å²) in [6.45, 7) is 8.40. The third kappa shape index (κ3) is 3.78. The third-order valence-corrected chi connectivity index (χ3v) is 3.80. The Morgan fingerprint density at radius 2 is 1.88 bits per heavy atom. The van der Waals surface area contributed by atoms with Gasteiger partial charge in [0.15, 0.2) is 0 Å². The maximum absolute atomic E-state index is 11.8. The van der Waals surface area contributed by atoms with Gasteiger partial charge in [-0.2, -0.15) is 0 Å². The highest BCUT2D eigenvalue weighted by atomic mass is 16.2. The van der Waals surface area contributed by atoms with Gasteiger partial charge in [-0.1, -0.05) is 12.8 Å². The number of hydrogen-bond donors (Lipinski definition) is 1. The van der Waals surface area contributed by atoms with E-state index >= 15 is 0 Å². The van der Waals surface area contributed by atoms with Gasteiger partial charge in [0.25, 0.3) is 0 Å². The van der Waals surface area contributed by atoms with E-state index in [1.807, 2.05) is 18.7 Å². The summed E-state index contributed by atoms with van der Waals surface area (Å²) in [7, 11) is 0. The number of nitrogens with one attached hydrogen (secondary N) is 1. The first-order chi connectivity index (χ1) is 7.69. The Morgan fingerprint density at radius 3 is 2.38 bits per heavy atom. The van der Waals surface area contributed by atoms with Crippen LogP contribution in [-0.2, 0) is 4.79 Å². The SMILES string of the molecule is CCN(CC)C(=O)CN[C@H](C)C1CCCC1. The molecule has 1 aliphatic rings. The first-order valence-electron chi connectivity index (χ1n) is 6.70. The van der Waals surface area contributed by atoms with Gasteiger partial charge in [0, 0.05) is 19.1 Å². The van der Waals surface area contributed by atoms with Gasteiger partial charge in [0.05, 0.1) is 6.54 Å². The summed E-state index contributed by atoms with van der Waals surface area (Å²) in [5, 5.41) is 3.38. The van der Waals surface area contributed by atoms with Crippen LogP contribution in [0.1, 0.15) is 46.5 Å². The summed E-state index contributed by atoms with van der Waals surface area (Å²) in [6, 6.07) is 0.488. The number of carbonyl (C=O) groups excluding carboxylic acids is 1.